The Balaban J connectivity index is 2.19. The molecule has 0 atom stereocenters. The molecular weight excluding hydrogens is 222 g/mol. The monoisotopic (exact) mass is 233 g/mol. The summed E-state index contributed by atoms with van der Waals surface area (Å²) in [5, 5.41) is 1.16. The van der Waals surface area contributed by atoms with Gasteiger partial charge in [-0.2, -0.15) is 0 Å². The molecule has 1 aliphatic rings. The molecule has 0 aliphatic carbocycles. The Labute approximate surface area is 104 Å². The third-order valence-corrected chi connectivity index (χ3v) is 3.70. The van der Waals surface area contributed by atoms with Crippen molar-refractivity contribution in [3.05, 3.63) is 59.7 Å². The molecule has 18 heavy (non-hydrogen) atoms. The van der Waals surface area contributed by atoms with Crippen LogP contribution in [-0.2, 0) is 0 Å². The molecule has 86 valence electrons. The van der Waals surface area contributed by atoms with Crippen LogP contribution in [0.1, 0.15) is 15.9 Å². The summed E-state index contributed by atoms with van der Waals surface area (Å²) in [6.07, 6.45) is 0. The molecule has 1 aromatic heterocycles. The Bertz CT molecular complexity index is 811. The van der Waals surface area contributed by atoms with E-state index < -0.39 is 0 Å². The van der Waals surface area contributed by atoms with Crippen LogP contribution in [0.2, 0.25) is 0 Å². The molecule has 0 spiro atoms. The number of fused-ring (bicyclic) bond motifs is 5. The lowest BCUT2D eigenvalue weighted by atomic mass is 10.1. The highest BCUT2D eigenvalue weighted by Crippen LogP contribution is 2.37. The van der Waals surface area contributed by atoms with Crippen LogP contribution in [0.15, 0.2) is 48.5 Å². The van der Waals surface area contributed by atoms with Gasteiger partial charge in [-0.3, -0.25) is 9.36 Å². The zero-order valence-corrected chi connectivity index (χ0v) is 9.97. The summed E-state index contributed by atoms with van der Waals surface area (Å²) in [6, 6.07) is 16.0. The van der Waals surface area contributed by atoms with E-state index in [9.17, 15) is 4.79 Å². The maximum Gasteiger partial charge on any atom is 0.263 e. The van der Waals surface area contributed by atoms with E-state index >= 15 is 0 Å². The topological polar surface area (TPSA) is 22.0 Å². The Hall–Kier alpha value is -2.35. The summed E-state index contributed by atoms with van der Waals surface area (Å²) in [5.41, 5.74) is 5.07. The van der Waals surface area contributed by atoms with E-state index in [-0.39, 0.29) is 5.91 Å². The highest BCUT2D eigenvalue weighted by molar-refractivity contribution is 6.14. The second-order valence-corrected chi connectivity index (χ2v) is 4.72. The van der Waals surface area contributed by atoms with Gasteiger partial charge in [-0.15, -0.1) is 0 Å². The van der Waals surface area contributed by atoms with Gasteiger partial charge in [0.15, 0.2) is 0 Å². The van der Waals surface area contributed by atoms with Crippen LogP contribution in [0, 0.1) is 6.92 Å². The fourth-order valence-corrected chi connectivity index (χ4v) is 2.81. The maximum atomic E-state index is 12.4. The summed E-state index contributed by atoms with van der Waals surface area (Å²) in [5.74, 6) is 0.0844. The van der Waals surface area contributed by atoms with Crippen LogP contribution >= 0.6 is 0 Å². The number of aromatic nitrogens is 1. The molecule has 0 saturated heterocycles. The van der Waals surface area contributed by atoms with Crippen LogP contribution in [-0.4, -0.2) is 10.5 Å². The van der Waals surface area contributed by atoms with Crippen molar-refractivity contribution in [2.45, 2.75) is 6.92 Å². The van der Waals surface area contributed by atoms with Gasteiger partial charge in [-0.1, -0.05) is 30.3 Å². The quantitative estimate of drug-likeness (QED) is 0.454. The standard InChI is InChI=1S/C16H11NO/c1-10-5-4-8-14-13(10)9-15-11-6-2-3-7-12(11)16(18)17(14)15/h2-9H,1H3. The fraction of sp³-hybridized carbons (Fsp3) is 0.0625. The average molecular weight is 233 g/mol. The molecule has 0 bridgehead atoms. The number of aryl methyl sites for hydroxylation is 1. The first kappa shape index (κ1) is 9.66. The second-order valence-electron chi connectivity index (χ2n) is 4.72. The number of rotatable bonds is 0. The first-order valence-electron chi connectivity index (χ1n) is 6.02. The SMILES string of the molecule is Cc1cccc2c1cc1n2C(=O)c2ccccc2-1. The Morgan fingerprint density at radius 1 is 0.944 bits per heavy atom. The Morgan fingerprint density at radius 2 is 1.72 bits per heavy atom. The number of carbonyl (C=O) groups excluding carboxylic acids is 1. The molecule has 0 N–H and O–H groups in total. The van der Waals surface area contributed by atoms with Gasteiger partial charge in [0.2, 0.25) is 0 Å². The number of nitrogens with zero attached hydrogens (tertiary/aromatic N) is 1. The first-order valence-corrected chi connectivity index (χ1v) is 6.02. The van der Waals surface area contributed by atoms with Gasteiger partial charge in [0, 0.05) is 16.5 Å². The van der Waals surface area contributed by atoms with Crippen LogP contribution in [0.5, 0.6) is 0 Å². The summed E-state index contributed by atoms with van der Waals surface area (Å²) in [4.78, 5) is 12.4. The third-order valence-electron chi connectivity index (χ3n) is 3.70. The van der Waals surface area contributed by atoms with E-state index in [4.69, 9.17) is 0 Å². The normalized spacial score (nSPS) is 12.8. The highest BCUT2D eigenvalue weighted by Gasteiger charge is 2.28. The van der Waals surface area contributed by atoms with Crippen molar-refractivity contribution in [1.82, 2.24) is 4.57 Å². The average Bonchev–Trinajstić information content (AvgIpc) is 2.89. The Kier molecular flexibility index (Phi) is 1.67. The highest BCUT2D eigenvalue weighted by atomic mass is 16.2. The van der Waals surface area contributed by atoms with Crippen molar-refractivity contribution in [2.75, 3.05) is 0 Å². The van der Waals surface area contributed by atoms with Gasteiger partial charge in [0.05, 0.1) is 11.2 Å². The zero-order chi connectivity index (χ0) is 12.3. The predicted octanol–water partition coefficient (Wildman–Crippen LogP) is 3.62. The molecule has 0 unspecified atom stereocenters. The summed E-state index contributed by atoms with van der Waals surface area (Å²) in [7, 11) is 0. The van der Waals surface area contributed by atoms with Crippen molar-refractivity contribution in [3.8, 4) is 11.3 Å². The van der Waals surface area contributed by atoms with Gasteiger partial charge in [-0.25, -0.2) is 0 Å². The molecule has 1 aliphatic heterocycles. The molecule has 0 fully saturated rings. The van der Waals surface area contributed by atoms with E-state index in [1.807, 2.05) is 41.0 Å². The zero-order valence-electron chi connectivity index (χ0n) is 9.97. The van der Waals surface area contributed by atoms with Crippen molar-refractivity contribution in [2.24, 2.45) is 0 Å². The lowest BCUT2D eigenvalue weighted by Crippen LogP contribution is -2.05. The molecule has 2 heteroatoms. The second kappa shape index (κ2) is 3.10. The summed E-state index contributed by atoms with van der Waals surface area (Å²) in [6.45, 7) is 2.08. The summed E-state index contributed by atoms with van der Waals surface area (Å²) >= 11 is 0. The van der Waals surface area contributed by atoms with Gasteiger partial charge in [0.1, 0.15) is 0 Å². The van der Waals surface area contributed by atoms with Crippen molar-refractivity contribution < 1.29 is 4.79 Å². The van der Waals surface area contributed by atoms with E-state index in [0.717, 1.165) is 27.7 Å². The molecule has 4 rings (SSSR count). The van der Waals surface area contributed by atoms with Gasteiger partial charge >= 0.3 is 0 Å². The van der Waals surface area contributed by atoms with E-state index in [1.54, 1.807) is 0 Å². The minimum atomic E-state index is 0.0844. The minimum absolute atomic E-state index is 0.0844. The van der Waals surface area contributed by atoms with Crippen LogP contribution < -0.4 is 0 Å². The van der Waals surface area contributed by atoms with Crippen molar-refractivity contribution in [3.63, 3.8) is 0 Å². The van der Waals surface area contributed by atoms with Gasteiger partial charge in [0.25, 0.3) is 5.91 Å². The molecule has 3 aromatic rings. The molecular formula is C16H11NO. The van der Waals surface area contributed by atoms with Crippen molar-refractivity contribution in [1.29, 1.82) is 0 Å². The molecule has 0 saturated carbocycles. The van der Waals surface area contributed by atoms with E-state index in [1.165, 1.54) is 5.56 Å². The molecule has 2 nitrogen and oxygen atoms in total. The van der Waals surface area contributed by atoms with Crippen molar-refractivity contribution >= 4 is 16.8 Å². The largest absolute Gasteiger partial charge is 0.276 e. The molecule has 0 radical (unpaired) electrons. The minimum Gasteiger partial charge on any atom is -0.276 e. The molecule has 2 heterocycles. The lowest BCUT2D eigenvalue weighted by molar-refractivity contribution is 0.0973. The smallest absolute Gasteiger partial charge is 0.263 e. The summed E-state index contributed by atoms with van der Waals surface area (Å²) < 4.78 is 1.83. The van der Waals surface area contributed by atoms with Gasteiger partial charge in [-0.05, 0) is 30.7 Å². The number of hydrogen-bond acceptors (Lipinski definition) is 1. The maximum absolute atomic E-state index is 12.4. The first-order chi connectivity index (χ1) is 8.77. The van der Waals surface area contributed by atoms with E-state index in [0.29, 0.717) is 0 Å². The fourth-order valence-electron chi connectivity index (χ4n) is 2.81. The van der Waals surface area contributed by atoms with Gasteiger partial charge < -0.3 is 0 Å². The van der Waals surface area contributed by atoms with Crippen LogP contribution in [0.4, 0.5) is 0 Å². The molecule has 2 aromatic carbocycles. The third kappa shape index (κ3) is 1.00. The van der Waals surface area contributed by atoms with Crippen LogP contribution in [0.25, 0.3) is 22.2 Å². The number of carbonyl (C=O) groups is 1. The van der Waals surface area contributed by atoms with Crippen LogP contribution in [0.3, 0.4) is 0 Å². The number of benzene rings is 2. The predicted molar refractivity (Wildman–Crippen MR) is 71.8 cm³/mol. The Morgan fingerprint density at radius 3 is 2.56 bits per heavy atom. The van der Waals surface area contributed by atoms with E-state index in [2.05, 4.69) is 19.1 Å². The molecule has 0 amide bonds. The number of hydrogen-bond donors (Lipinski definition) is 0. The lowest BCUT2D eigenvalue weighted by Gasteiger charge is -2.00.